The Morgan fingerprint density at radius 3 is 2.89 bits per heavy atom. The molecular formula is C14H20ClN3O. The summed E-state index contributed by atoms with van der Waals surface area (Å²) in [4.78, 5) is 18.3. The Kier molecular flexibility index (Phi) is 5.61. The van der Waals surface area contributed by atoms with E-state index in [2.05, 4.69) is 15.2 Å². The number of carbonyl (C=O) groups excluding carboxylic acids is 1. The number of nitrogens with zero attached hydrogens (tertiary/aromatic N) is 2. The monoisotopic (exact) mass is 281 g/mol. The quantitative estimate of drug-likeness (QED) is 0.843. The average Bonchev–Trinajstić information content (AvgIpc) is 2.44. The molecule has 2 heterocycles. The van der Waals surface area contributed by atoms with Gasteiger partial charge in [0.1, 0.15) is 5.69 Å². The summed E-state index contributed by atoms with van der Waals surface area (Å²) in [6.45, 7) is 4.14. The summed E-state index contributed by atoms with van der Waals surface area (Å²) in [6.07, 6.45) is 6.49. The maximum Gasteiger partial charge on any atom is 0.269 e. The number of hydrogen-bond donors (Lipinski definition) is 1. The molecule has 1 fully saturated rings. The van der Waals surface area contributed by atoms with Crippen LogP contribution in [0, 0.1) is 0 Å². The van der Waals surface area contributed by atoms with Crippen LogP contribution in [0.2, 0.25) is 5.02 Å². The highest BCUT2D eigenvalue weighted by molar-refractivity contribution is 6.30. The van der Waals surface area contributed by atoms with E-state index in [1.54, 1.807) is 18.3 Å². The van der Waals surface area contributed by atoms with Gasteiger partial charge in [-0.05, 0) is 51.0 Å². The molecular weight excluding hydrogens is 262 g/mol. The number of pyridine rings is 1. The SMILES string of the molecule is O=C(NCCCN1CCCCC1)c1cc(Cl)ccn1. The fraction of sp³-hybridized carbons (Fsp3) is 0.571. The molecule has 104 valence electrons. The number of hydrogen-bond acceptors (Lipinski definition) is 3. The van der Waals surface area contributed by atoms with Crippen LogP contribution in [-0.2, 0) is 0 Å². The molecule has 1 aromatic rings. The van der Waals surface area contributed by atoms with Crippen molar-refractivity contribution < 1.29 is 4.79 Å². The molecule has 1 aliphatic heterocycles. The summed E-state index contributed by atoms with van der Waals surface area (Å²) in [7, 11) is 0. The zero-order valence-electron chi connectivity index (χ0n) is 11.1. The Labute approximate surface area is 119 Å². The zero-order chi connectivity index (χ0) is 13.5. The molecule has 19 heavy (non-hydrogen) atoms. The molecule has 5 heteroatoms. The van der Waals surface area contributed by atoms with Crippen molar-refractivity contribution >= 4 is 17.5 Å². The number of rotatable bonds is 5. The number of aromatic nitrogens is 1. The molecule has 1 saturated heterocycles. The summed E-state index contributed by atoms with van der Waals surface area (Å²) in [5, 5.41) is 3.41. The van der Waals surface area contributed by atoms with Gasteiger partial charge in [-0.2, -0.15) is 0 Å². The van der Waals surface area contributed by atoms with Crippen LogP contribution in [0.1, 0.15) is 36.2 Å². The molecule has 0 aliphatic carbocycles. The van der Waals surface area contributed by atoms with Gasteiger partial charge in [-0.25, -0.2) is 0 Å². The van der Waals surface area contributed by atoms with E-state index < -0.39 is 0 Å². The number of carbonyl (C=O) groups is 1. The predicted octanol–water partition coefficient (Wildman–Crippen LogP) is 2.34. The van der Waals surface area contributed by atoms with E-state index >= 15 is 0 Å². The Balaban J connectivity index is 1.66. The highest BCUT2D eigenvalue weighted by Crippen LogP contribution is 2.09. The van der Waals surface area contributed by atoms with E-state index in [4.69, 9.17) is 11.6 Å². The highest BCUT2D eigenvalue weighted by atomic mass is 35.5. The van der Waals surface area contributed by atoms with E-state index in [-0.39, 0.29) is 5.91 Å². The van der Waals surface area contributed by atoms with Crippen molar-refractivity contribution in [1.29, 1.82) is 0 Å². The van der Waals surface area contributed by atoms with Gasteiger partial charge in [0.2, 0.25) is 0 Å². The Morgan fingerprint density at radius 2 is 2.16 bits per heavy atom. The summed E-state index contributed by atoms with van der Waals surface area (Å²) in [5.74, 6) is -0.152. The van der Waals surface area contributed by atoms with E-state index in [1.807, 2.05) is 0 Å². The molecule has 1 N–H and O–H groups in total. The average molecular weight is 282 g/mol. The molecule has 0 aromatic carbocycles. The topological polar surface area (TPSA) is 45.2 Å². The molecule has 0 spiro atoms. The van der Waals surface area contributed by atoms with Crippen LogP contribution in [-0.4, -0.2) is 42.0 Å². The first-order valence-electron chi connectivity index (χ1n) is 6.88. The molecule has 4 nitrogen and oxygen atoms in total. The Bertz CT molecular complexity index is 419. The third kappa shape index (κ3) is 4.80. The molecule has 2 rings (SSSR count). The van der Waals surface area contributed by atoms with Crippen molar-refractivity contribution in [3.63, 3.8) is 0 Å². The van der Waals surface area contributed by atoms with Crippen molar-refractivity contribution in [2.45, 2.75) is 25.7 Å². The van der Waals surface area contributed by atoms with Crippen molar-refractivity contribution in [2.24, 2.45) is 0 Å². The van der Waals surface area contributed by atoms with Gasteiger partial charge in [-0.3, -0.25) is 9.78 Å². The fourth-order valence-corrected chi connectivity index (χ4v) is 2.47. The molecule has 0 atom stereocenters. The van der Waals surface area contributed by atoms with Gasteiger partial charge in [-0.15, -0.1) is 0 Å². The summed E-state index contributed by atoms with van der Waals surface area (Å²) in [6, 6.07) is 3.25. The lowest BCUT2D eigenvalue weighted by Gasteiger charge is -2.26. The molecule has 0 saturated carbocycles. The maximum atomic E-state index is 11.8. The van der Waals surface area contributed by atoms with Crippen molar-refractivity contribution in [3.05, 3.63) is 29.0 Å². The smallest absolute Gasteiger partial charge is 0.269 e. The fourth-order valence-electron chi connectivity index (χ4n) is 2.31. The Hall–Kier alpha value is -1.13. The lowest BCUT2D eigenvalue weighted by atomic mass is 10.1. The second-order valence-corrected chi connectivity index (χ2v) is 5.31. The third-order valence-corrected chi connectivity index (χ3v) is 3.58. The second-order valence-electron chi connectivity index (χ2n) is 4.87. The van der Waals surface area contributed by atoms with Gasteiger partial charge in [0.25, 0.3) is 5.91 Å². The predicted molar refractivity (Wildman–Crippen MR) is 76.5 cm³/mol. The van der Waals surface area contributed by atoms with Gasteiger partial charge in [0.05, 0.1) is 0 Å². The summed E-state index contributed by atoms with van der Waals surface area (Å²) < 4.78 is 0. The minimum Gasteiger partial charge on any atom is -0.351 e. The van der Waals surface area contributed by atoms with Crippen LogP contribution in [0.4, 0.5) is 0 Å². The molecule has 1 aliphatic rings. The largest absolute Gasteiger partial charge is 0.351 e. The van der Waals surface area contributed by atoms with Crippen LogP contribution in [0.3, 0.4) is 0 Å². The van der Waals surface area contributed by atoms with Crippen LogP contribution in [0.5, 0.6) is 0 Å². The first-order chi connectivity index (χ1) is 9.25. The van der Waals surface area contributed by atoms with Crippen molar-refractivity contribution in [1.82, 2.24) is 15.2 Å². The number of halogens is 1. The van der Waals surface area contributed by atoms with E-state index in [9.17, 15) is 4.79 Å². The highest BCUT2D eigenvalue weighted by Gasteiger charge is 2.10. The number of likely N-dealkylation sites (tertiary alicyclic amines) is 1. The molecule has 0 unspecified atom stereocenters. The van der Waals surface area contributed by atoms with Crippen LogP contribution >= 0.6 is 11.6 Å². The molecule has 0 radical (unpaired) electrons. The van der Waals surface area contributed by atoms with Gasteiger partial charge >= 0.3 is 0 Å². The first kappa shape index (κ1) is 14.3. The summed E-state index contributed by atoms with van der Waals surface area (Å²) >= 11 is 5.83. The van der Waals surface area contributed by atoms with Crippen LogP contribution in [0.15, 0.2) is 18.3 Å². The van der Waals surface area contributed by atoms with Gasteiger partial charge in [0.15, 0.2) is 0 Å². The van der Waals surface area contributed by atoms with Crippen LogP contribution in [0.25, 0.3) is 0 Å². The van der Waals surface area contributed by atoms with Gasteiger partial charge in [-0.1, -0.05) is 18.0 Å². The van der Waals surface area contributed by atoms with E-state index in [0.29, 0.717) is 17.3 Å². The van der Waals surface area contributed by atoms with Crippen molar-refractivity contribution in [2.75, 3.05) is 26.2 Å². The standard InChI is InChI=1S/C14H20ClN3O/c15-12-5-7-16-13(11-12)14(19)17-6-4-10-18-8-2-1-3-9-18/h5,7,11H,1-4,6,8-10H2,(H,17,19). The van der Waals surface area contributed by atoms with Gasteiger partial charge in [0, 0.05) is 17.8 Å². The first-order valence-corrected chi connectivity index (χ1v) is 7.25. The lowest BCUT2D eigenvalue weighted by Crippen LogP contribution is -2.33. The second kappa shape index (κ2) is 7.46. The molecule has 1 aromatic heterocycles. The van der Waals surface area contributed by atoms with Crippen molar-refractivity contribution in [3.8, 4) is 0 Å². The lowest BCUT2D eigenvalue weighted by molar-refractivity contribution is 0.0946. The minimum atomic E-state index is -0.152. The molecule has 0 bridgehead atoms. The van der Waals surface area contributed by atoms with E-state index in [0.717, 1.165) is 13.0 Å². The summed E-state index contributed by atoms with van der Waals surface area (Å²) in [5.41, 5.74) is 0.380. The third-order valence-electron chi connectivity index (χ3n) is 3.34. The number of piperidine rings is 1. The Morgan fingerprint density at radius 1 is 1.37 bits per heavy atom. The zero-order valence-corrected chi connectivity index (χ0v) is 11.8. The number of nitrogens with one attached hydrogen (secondary N) is 1. The number of amides is 1. The normalized spacial score (nSPS) is 16.3. The minimum absolute atomic E-state index is 0.152. The van der Waals surface area contributed by atoms with Crippen LogP contribution < -0.4 is 5.32 Å². The molecule has 1 amide bonds. The van der Waals surface area contributed by atoms with Gasteiger partial charge < -0.3 is 10.2 Å². The van der Waals surface area contributed by atoms with E-state index in [1.165, 1.54) is 32.4 Å². The maximum absolute atomic E-state index is 11.8.